The van der Waals surface area contributed by atoms with Gasteiger partial charge in [-0.2, -0.15) is 0 Å². The molecule has 0 bridgehead atoms. The van der Waals surface area contributed by atoms with Crippen LogP contribution in [-0.4, -0.2) is 11.3 Å². The molecule has 1 aliphatic rings. The van der Waals surface area contributed by atoms with E-state index < -0.39 is 0 Å². The van der Waals surface area contributed by atoms with Crippen molar-refractivity contribution in [1.82, 2.24) is 0 Å². The number of ketones is 1. The first-order chi connectivity index (χ1) is 7.20. The SMILES string of the molecule is NC1(CC(=O)c2ccco2)CCCCC1. The van der Waals surface area contributed by atoms with Gasteiger partial charge < -0.3 is 10.2 Å². The highest BCUT2D eigenvalue weighted by molar-refractivity contribution is 5.94. The van der Waals surface area contributed by atoms with Gasteiger partial charge in [0.2, 0.25) is 0 Å². The smallest absolute Gasteiger partial charge is 0.199 e. The molecule has 1 saturated carbocycles. The molecule has 3 nitrogen and oxygen atoms in total. The van der Waals surface area contributed by atoms with Gasteiger partial charge >= 0.3 is 0 Å². The van der Waals surface area contributed by atoms with E-state index >= 15 is 0 Å². The fourth-order valence-corrected chi connectivity index (χ4v) is 2.28. The summed E-state index contributed by atoms with van der Waals surface area (Å²) in [5.41, 5.74) is 5.91. The van der Waals surface area contributed by atoms with Crippen molar-refractivity contribution in [3.8, 4) is 0 Å². The maximum absolute atomic E-state index is 11.8. The molecule has 0 spiro atoms. The van der Waals surface area contributed by atoms with Crippen molar-refractivity contribution in [2.45, 2.75) is 44.1 Å². The van der Waals surface area contributed by atoms with E-state index in [1.54, 1.807) is 12.1 Å². The van der Waals surface area contributed by atoms with E-state index in [1.165, 1.54) is 12.7 Å². The minimum absolute atomic E-state index is 0.0319. The molecular weight excluding hydrogens is 190 g/mol. The number of hydrogen-bond donors (Lipinski definition) is 1. The Morgan fingerprint density at radius 3 is 2.73 bits per heavy atom. The molecule has 0 amide bonds. The first kappa shape index (κ1) is 10.4. The van der Waals surface area contributed by atoms with Crippen molar-refractivity contribution in [2.75, 3.05) is 0 Å². The summed E-state index contributed by atoms with van der Waals surface area (Å²) in [4.78, 5) is 11.8. The van der Waals surface area contributed by atoms with Crippen molar-refractivity contribution in [3.63, 3.8) is 0 Å². The molecule has 0 aromatic carbocycles. The van der Waals surface area contributed by atoms with Gasteiger partial charge in [-0.05, 0) is 25.0 Å². The molecule has 1 aromatic rings. The van der Waals surface area contributed by atoms with Gasteiger partial charge in [-0.25, -0.2) is 0 Å². The van der Waals surface area contributed by atoms with E-state index in [-0.39, 0.29) is 11.3 Å². The number of rotatable bonds is 3. The zero-order valence-corrected chi connectivity index (χ0v) is 8.87. The second-order valence-corrected chi connectivity index (χ2v) is 4.50. The summed E-state index contributed by atoms with van der Waals surface area (Å²) in [6.07, 6.45) is 7.38. The van der Waals surface area contributed by atoms with Gasteiger partial charge in [-0.15, -0.1) is 0 Å². The molecule has 0 atom stereocenters. The normalized spacial score (nSPS) is 20.1. The number of carbonyl (C=O) groups excluding carboxylic acids is 1. The lowest BCUT2D eigenvalue weighted by molar-refractivity contribution is 0.0907. The predicted molar refractivity (Wildman–Crippen MR) is 57.7 cm³/mol. The first-order valence-electron chi connectivity index (χ1n) is 5.55. The Morgan fingerprint density at radius 1 is 1.40 bits per heavy atom. The summed E-state index contributed by atoms with van der Waals surface area (Å²) in [5.74, 6) is 0.467. The molecule has 1 aliphatic carbocycles. The molecule has 0 aliphatic heterocycles. The van der Waals surface area contributed by atoms with E-state index in [0.717, 1.165) is 25.7 Å². The zero-order valence-electron chi connectivity index (χ0n) is 8.87. The number of furan rings is 1. The van der Waals surface area contributed by atoms with Gasteiger partial charge in [0.1, 0.15) is 0 Å². The molecular formula is C12H17NO2. The van der Waals surface area contributed by atoms with E-state index in [1.807, 2.05) is 0 Å². The van der Waals surface area contributed by atoms with E-state index in [2.05, 4.69) is 0 Å². The summed E-state index contributed by atoms with van der Waals surface area (Å²) in [7, 11) is 0. The Balaban J connectivity index is 1.98. The highest BCUT2D eigenvalue weighted by Crippen LogP contribution is 2.29. The molecule has 0 unspecified atom stereocenters. The van der Waals surface area contributed by atoms with Gasteiger partial charge in [-0.1, -0.05) is 19.3 Å². The van der Waals surface area contributed by atoms with Crippen LogP contribution in [-0.2, 0) is 0 Å². The number of hydrogen-bond acceptors (Lipinski definition) is 3. The van der Waals surface area contributed by atoms with Crippen LogP contribution in [0.2, 0.25) is 0 Å². The van der Waals surface area contributed by atoms with E-state index in [4.69, 9.17) is 10.2 Å². The highest BCUT2D eigenvalue weighted by atomic mass is 16.3. The van der Waals surface area contributed by atoms with Crippen molar-refractivity contribution >= 4 is 5.78 Å². The molecule has 82 valence electrons. The summed E-state index contributed by atoms with van der Waals surface area (Å²) in [6.45, 7) is 0. The summed E-state index contributed by atoms with van der Waals surface area (Å²) in [6, 6.07) is 3.44. The fourth-order valence-electron chi connectivity index (χ4n) is 2.28. The molecule has 1 aromatic heterocycles. The quantitative estimate of drug-likeness (QED) is 0.775. The third-order valence-electron chi connectivity index (χ3n) is 3.16. The first-order valence-corrected chi connectivity index (χ1v) is 5.55. The van der Waals surface area contributed by atoms with E-state index in [9.17, 15) is 4.79 Å². The van der Waals surface area contributed by atoms with Crippen molar-refractivity contribution < 1.29 is 9.21 Å². The van der Waals surface area contributed by atoms with Crippen LogP contribution < -0.4 is 5.73 Å². The minimum Gasteiger partial charge on any atom is -0.461 e. The Hall–Kier alpha value is -1.09. The third kappa shape index (κ3) is 2.48. The third-order valence-corrected chi connectivity index (χ3v) is 3.16. The number of Topliss-reactive ketones (excluding diaryl/α,β-unsaturated/α-hetero) is 1. The monoisotopic (exact) mass is 207 g/mol. The van der Waals surface area contributed by atoms with Crippen molar-refractivity contribution in [3.05, 3.63) is 24.2 Å². The Bertz CT molecular complexity index is 323. The van der Waals surface area contributed by atoms with Gasteiger partial charge in [0.05, 0.1) is 6.26 Å². The Kier molecular flexibility index (Phi) is 2.91. The van der Waals surface area contributed by atoms with Crippen LogP contribution in [0.4, 0.5) is 0 Å². The zero-order chi connectivity index (χ0) is 10.7. The molecule has 1 fully saturated rings. The number of carbonyl (C=O) groups is 1. The van der Waals surface area contributed by atoms with Crippen LogP contribution in [0.5, 0.6) is 0 Å². The molecule has 0 radical (unpaired) electrons. The Labute approximate surface area is 89.6 Å². The standard InChI is InChI=1S/C12H17NO2/c13-12(6-2-1-3-7-12)9-10(14)11-5-4-8-15-11/h4-5,8H,1-3,6-7,9,13H2. The molecule has 2 rings (SSSR count). The second-order valence-electron chi connectivity index (χ2n) is 4.50. The van der Waals surface area contributed by atoms with Crippen molar-refractivity contribution in [1.29, 1.82) is 0 Å². The fraction of sp³-hybridized carbons (Fsp3) is 0.583. The predicted octanol–water partition coefficient (Wildman–Crippen LogP) is 2.51. The summed E-state index contributed by atoms with van der Waals surface area (Å²) >= 11 is 0. The number of nitrogens with two attached hydrogens (primary N) is 1. The summed E-state index contributed by atoms with van der Waals surface area (Å²) in [5, 5.41) is 0. The second kappa shape index (κ2) is 4.19. The van der Waals surface area contributed by atoms with Crippen LogP contribution in [0, 0.1) is 0 Å². The van der Waals surface area contributed by atoms with Crippen LogP contribution in [0.15, 0.2) is 22.8 Å². The topological polar surface area (TPSA) is 56.2 Å². The average Bonchev–Trinajstić information content (AvgIpc) is 2.70. The van der Waals surface area contributed by atoms with Crippen LogP contribution in [0.3, 0.4) is 0 Å². The maximum atomic E-state index is 11.8. The van der Waals surface area contributed by atoms with Crippen LogP contribution >= 0.6 is 0 Å². The van der Waals surface area contributed by atoms with Crippen LogP contribution in [0.25, 0.3) is 0 Å². The molecule has 15 heavy (non-hydrogen) atoms. The molecule has 1 heterocycles. The Morgan fingerprint density at radius 2 is 2.13 bits per heavy atom. The lowest BCUT2D eigenvalue weighted by Gasteiger charge is -2.32. The largest absolute Gasteiger partial charge is 0.461 e. The lowest BCUT2D eigenvalue weighted by Crippen LogP contribution is -2.43. The van der Waals surface area contributed by atoms with Crippen molar-refractivity contribution in [2.24, 2.45) is 5.73 Å². The summed E-state index contributed by atoms with van der Waals surface area (Å²) < 4.78 is 5.08. The van der Waals surface area contributed by atoms with Gasteiger partial charge in [0.15, 0.2) is 11.5 Å². The average molecular weight is 207 g/mol. The lowest BCUT2D eigenvalue weighted by atomic mass is 9.79. The van der Waals surface area contributed by atoms with Gasteiger partial charge in [0.25, 0.3) is 0 Å². The van der Waals surface area contributed by atoms with E-state index in [0.29, 0.717) is 12.2 Å². The van der Waals surface area contributed by atoms with Crippen LogP contribution in [0.1, 0.15) is 49.1 Å². The maximum Gasteiger partial charge on any atom is 0.199 e. The van der Waals surface area contributed by atoms with Gasteiger partial charge in [-0.3, -0.25) is 4.79 Å². The molecule has 0 saturated heterocycles. The molecule has 3 heteroatoms. The molecule has 2 N–H and O–H groups in total. The van der Waals surface area contributed by atoms with Gasteiger partial charge in [0, 0.05) is 12.0 Å². The highest BCUT2D eigenvalue weighted by Gasteiger charge is 2.30. The minimum atomic E-state index is -0.290.